The molecular formula is C23H23ClF4N6O2. The summed E-state index contributed by atoms with van der Waals surface area (Å²) in [6.45, 7) is 4.15. The van der Waals surface area contributed by atoms with Gasteiger partial charge in [0.15, 0.2) is 11.6 Å². The Hall–Kier alpha value is -3.25. The normalized spacial score (nSPS) is 16.4. The molecular weight excluding hydrogens is 504 g/mol. The Bertz CT molecular complexity index is 1230. The molecule has 1 saturated heterocycles. The Morgan fingerprint density at radius 2 is 1.81 bits per heavy atom. The van der Waals surface area contributed by atoms with E-state index in [1.165, 1.54) is 18.9 Å². The lowest BCUT2D eigenvalue weighted by molar-refractivity contribution is -0.192. The zero-order valence-corrected chi connectivity index (χ0v) is 19.7. The van der Waals surface area contributed by atoms with E-state index in [2.05, 4.69) is 20.1 Å². The molecule has 192 valence electrons. The number of aliphatic carboxylic acids is 1. The van der Waals surface area contributed by atoms with E-state index in [4.69, 9.17) is 31.5 Å². The highest BCUT2D eigenvalue weighted by Crippen LogP contribution is 2.31. The Morgan fingerprint density at radius 1 is 1.11 bits per heavy atom. The van der Waals surface area contributed by atoms with Gasteiger partial charge in [0.2, 0.25) is 0 Å². The van der Waals surface area contributed by atoms with Crippen LogP contribution < -0.4 is 10.2 Å². The minimum absolute atomic E-state index is 0.165. The first-order valence-corrected chi connectivity index (χ1v) is 11.6. The maximum absolute atomic E-state index is 13.7. The summed E-state index contributed by atoms with van der Waals surface area (Å²) in [4.78, 5) is 27.4. The highest BCUT2D eigenvalue weighted by Gasteiger charge is 2.38. The number of halogens is 5. The average molecular weight is 527 g/mol. The summed E-state index contributed by atoms with van der Waals surface area (Å²) in [5, 5.41) is 10.8. The van der Waals surface area contributed by atoms with Crippen molar-refractivity contribution in [3.63, 3.8) is 0 Å². The number of anilines is 2. The van der Waals surface area contributed by atoms with Crippen LogP contribution in [-0.2, 0) is 11.3 Å². The number of carboxylic acid groups (broad SMARTS) is 1. The number of carbonyl (C=O) groups is 1. The molecule has 0 radical (unpaired) electrons. The Balaban J connectivity index is 0.000000384. The minimum Gasteiger partial charge on any atom is -0.475 e. The molecule has 2 aliphatic rings. The summed E-state index contributed by atoms with van der Waals surface area (Å²) in [7, 11) is 0. The van der Waals surface area contributed by atoms with Crippen molar-refractivity contribution in [2.45, 2.75) is 31.6 Å². The molecule has 0 amide bonds. The van der Waals surface area contributed by atoms with Gasteiger partial charge in [-0.2, -0.15) is 13.2 Å². The standard InChI is InChI=1S/C21H22ClFN6.C2HF3O2/c22-16-4-1-14(11-17(16)23)13-28-7-9-29(10-8-28)21-20(25-15-2-3-15)26-18-5-6-24-12-19(18)27-21;3-2(4,5)1(6)7/h1,4-6,11-12,15H,2-3,7-10,13H2,(H,25,26);(H,6,7). The maximum Gasteiger partial charge on any atom is 0.490 e. The van der Waals surface area contributed by atoms with E-state index in [9.17, 15) is 17.6 Å². The molecule has 0 atom stereocenters. The van der Waals surface area contributed by atoms with Gasteiger partial charge in [-0.1, -0.05) is 17.7 Å². The molecule has 0 bridgehead atoms. The Labute approximate surface area is 208 Å². The number of fused-ring (bicyclic) bond motifs is 1. The monoisotopic (exact) mass is 526 g/mol. The number of nitrogens with one attached hydrogen (secondary N) is 1. The summed E-state index contributed by atoms with van der Waals surface area (Å²) in [5.41, 5.74) is 2.60. The number of pyridine rings is 1. The first kappa shape index (κ1) is 25.8. The van der Waals surface area contributed by atoms with Crippen molar-refractivity contribution < 1.29 is 27.5 Å². The fourth-order valence-electron chi connectivity index (χ4n) is 3.65. The molecule has 2 N–H and O–H groups in total. The zero-order valence-electron chi connectivity index (χ0n) is 19.0. The Morgan fingerprint density at radius 3 is 2.42 bits per heavy atom. The van der Waals surface area contributed by atoms with Crippen molar-refractivity contribution in [2.24, 2.45) is 0 Å². The molecule has 13 heteroatoms. The van der Waals surface area contributed by atoms with Gasteiger partial charge in [0.05, 0.1) is 16.7 Å². The molecule has 0 unspecified atom stereocenters. The molecule has 5 rings (SSSR count). The maximum atomic E-state index is 13.7. The lowest BCUT2D eigenvalue weighted by atomic mass is 10.2. The summed E-state index contributed by atoms with van der Waals surface area (Å²) < 4.78 is 45.4. The third-order valence-electron chi connectivity index (χ3n) is 5.67. The molecule has 2 aromatic heterocycles. The van der Waals surface area contributed by atoms with Crippen LogP contribution in [0.5, 0.6) is 0 Å². The highest BCUT2D eigenvalue weighted by molar-refractivity contribution is 6.30. The number of piperazine rings is 1. The van der Waals surface area contributed by atoms with Gasteiger partial charge in [0.1, 0.15) is 11.3 Å². The van der Waals surface area contributed by atoms with Crippen molar-refractivity contribution in [1.82, 2.24) is 19.9 Å². The number of aromatic nitrogens is 3. The van der Waals surface area contributed by atoms with Gasteiger partial charge < -0.3 is 15.3 Å². The van der Waals surface area contributed by atoms with Gasteiger partial charge in [-0.3, -0.25) is 9.88 Å². The average Bonchev–Trinajstić information content (AvgIpc) is 3.65. The minimum atomic E-state index is -5.08. The second-order valence-corrected chi connectivity index (χ2v) is 8.90. The van der Waals surface area contributed by atoms with Crippen molar-refractivity contribution in [2.75, 3.05) is 36.4 Å². The molecule has 1 saturated carbocycles. The predicted molar refractivity (Wildman–Crippen MR) is 127 cm³/mol. The van der Waals surface area contributed by atoms with Crippen LogP contribution in [0.2, 0.25) is 5.02 Å². The molecule has 1 aliphatic heterocycles. The van der Waals surface area contributed by atoms with Crippen molar-refractivity contribution in [3.05, 3.63) is 53.1 Å². The Kier molecular flexibility index (Phi) is 7.74. The van der Waals surface area contributed by atoms with Crippen LogP contribution in [-0.4, -0.2) is 69.3 Å². The molecule has 36 heavy (non-hydrogen) atoms. The van der Waals surface area contributed by atoms with E-state index < -0.39 is 12.1 Å². The van der Waals surface area contributed by atoms with Crippen LogP contribution in [0.15, 0.2) is 36.7 Å². The van der Waals surface area contributed by atoms with Gasteiger partial charge >= 0.3 is 12.1 Å². The quantitative estimate of drug-likeness (QED) is 0.474. The number of hydrogen-bond acceptors (Lipinski definition) is 7. The molecule has 8 nitrogen and oxygen atoms in total. The fraction of sp³-hybridized carbons (Fsp3) is 0.391. The van der Waals surface area contributed by atoms with Crippen molar-refractivity contribution >= 4 is 40.2 Å². The number of nitrogens with zero attached hydrogens (tertiary/aromatic N) is 5. The van der Waals surface area contributed by atoms with Crippen LogP contribution in [0.4, 0.5) is 29.2 Å². The van der Waals surface area contributed by atoms with E-state index in [0.717, 1.165) is 54.4 Å². The van der Waals surface area contributed by atoms with Crippen LogP contribution in [0.1, 0.15) is 18.4 Å². The third kappa shape index (κ3) is 6.70. The molecule has 3 aromatic rings. The van der Waals surface area contributed by atoms with E-state index in [-0.39, 0.29) is 10.8 Å². The molecule has 2 fully saturated rings. The van der Waals surface area contributed by atoms with Gasteiger partial charge in [-0.25, -0.2) is 19.2 Å². The number of alkyl halides is 3. The van der Waals surface area contributed by atoms with E-state index in [0.29, 0.717) is 12.6 Å². The number of benzene rings is 1. The van der Waals surface area contributed by atoms with Gasteiger partial charge in [-0.15, -0.1) is 0 Å². The van der Waals surface area contributed by atoms with Crippen LogP contribution in [0, 0.1) is 5.82 Å². The lowest BCUT2D eigenvalue weighted by Crippen LogP contribution is -2.46. The number of carboxylic acids is 1. The van der Waals surface area contributed by atoms with Crippen LogP contribution >= 0.6 is 11.6 Å². The largest absolute Gasteiger partial charge is 0.490 e. The fourth-order valence-corrected chi connectivity index (χ4v) is 3.77. The first-order valence-electron chi connectivity index (χ1n) is 11.2. The SMILES string of the molecule is Fc1cc(CN2CCN(c3nc4cnccc4nc3NC3CC3)CC2)ccc1Cl.O=C(O)C(F)(F)F. The zero-order chi connectivity index (χ0) is 25.9. The second kappa shape index (κ2) is 10.8. The first-order chi connectivity index (χ1) is 17.1. The summed E-state index contributed by atoms with van der Waals surface area (Å²) in [6, 6.07) is 7.43. The molecule has 0 spiro atoms. The van der Waals surface area contributed by atoms with Crippen molar-refractivity contribution in [3.8, 4) is 0 Å². The van der Waals surface area contributed by atoms with Crippen molar-refractivity contribution in [1.29, 1.82) is 0 Å². The second-order valence-electron chi connectivity index (χ2n) is 8.49. The highest BCUT2D eigenvalue weighted by atomic mass is 35.5. The smallest absolute Gasteiger partial charge is 0.475 e. The predicted octanol–water partition coefficient (Wildman–Crippen LogP) is 4.35. The van der Waals surface area contributed by atoms with Gasteiger partial charge in [-0.05, 0) is 36.6 Å². The van der Waals surface area contributed by atoms with Gasteiger partial charge in [0.25, 0.3) is 0 Å². The van der Waals surface area contributed by atoms with Gasteiger partial charge in [0, 0.05) is 45.0 Å². The van der Waals surface area contributed by atoms with E-state index in [1.807, 2.05) is 12.1 Å². The molecule has 1 aromatic carbocycles. The molecule has 1 aliphatic carbocycles. The summed E-state index contributed by atoms with van der Waals surface area (Å²) in [6.07, 6.45) is 0.788. The van der Waals surface area contributed by atoms with E-state index >= 15 is 0 Å². The van der Waals surface area contributed by atoms with Crippen LogP contribution in [0.3, 0.4) is 0 Å². The summed E-state index contributed by atoms with van der Waals surface area (Å²) >= 11 is 5.79. The molecule has 3 heterocycles. The van der Waals surface area contributed by atoms with Crippen LogP contribution in [0.25, 0.3) is 11.0 Å². The number of rotatable bonds is 5. The topological polar surface area (TPSA) is 94.5 Å². The van der Waals surface area contributed by atoms with E-state index in [1.54, 1.807) is 18.5 Å². The number of hydrogen-bond donors (Lipinski definition) is 2. The summed E-state index contributed by atoms with van der Waals surface area (Å²) in [5.74, 6) is -1.36. The lowest BCUT2D eigenvalue weighted by Gasteiger charge is -2.36. The third-order valence-corrected chi connectivity index (χ3v) is 5.98.